The quantitative estimate of drug-likeness (QED) is 0.854. The van der Waals surface area contributed by atoms with Crippen LogP contribution in [0.1, 0.15) is 37.7 Å². The van der Waals surface area contributed by atoms with Gasteiger partial charge in [-0.25, -0.2) is 4.99 Å². The topological polar surface area (TPSA) is 113 Å². The first-order chi connectivity index (χ1) is 13.6. The van der Waals surface area contributed by atoms with Crippen molar-refractivity contribution in [2.75, 3.05) is 4.90 Å². The van der Waals surface area contributed by atoms with Gasteiger partial charge >= 0.3 is 0 Å². The van der Waals surface area contributed by atoms with Crippen LogP contribution >= 0.6 is 0 Å². The first-order valence-corrected chi connectivity index (χ1v) is 9.38. The Hall–Kier alpha value is -3.53. The Morgan fingerprint density at radius 1 is 1.00 bits per heavy atom. The molecule has 28 heavy (non-hydrogen) atoms. The molecule has 1 aliphatic heterocycles. The molecule has 0 amide bonds. The van der Waals surface area contributed by atoms with Crippen LogP contribution in [0.5, 0.6) is 11.5 Å². The summed E-state index contributed by atoms with van der Waals surface area (Å²) in [6.45, 7) is 0. The van der Waals surface area contributed by atoms with Gasteiger partial charge in [0.1, 0.15) is 11.4 Å². The van der Waals surface area contributed by atoms with E-state index in [4.69, 9.17) is 26.5 Å². The summed E-state index contributed by atoms with van der Waals surface area (Å²) in [5, 5.41) is 8.98. The van der Waals surface area contributed by atoms with Gasteiger partial charge in [0.15, 0.2) is 5.75 Å². The van der Waals surface area contributed by atoms with E-state index in [-0.39, 0.29) is 5.96 Å². The molecule has 1 aliphatic carbocycles. The zero-order valence-corrected chi connectivity index (χ0v) is 15.5. The number of aliphatic imine (C=N–C) groups is 2. The molecule has 1 spiro atoms. The van der Waals surface area contributed by atoms with E-state index in [1.165, 1.54) is 6.42 Å². The zero-order chi connectivity index (χ0) is 19.6. The second kappa shape index (κ2) is 7.24. The molecular formula is C21H22N6O. The standard InChI is InChI=1S/C21H22N6O/c22-14-15-8-10-16(11-9-15)28-18-7-3-2-6-17(18)27-20(24)25-19(23)26-21(27)12-4-1-5-13-21/h2-3,6-11H,1,4-5,12-13H2,(H4,23,24,25,26). The number of nitrogens with zero attached hydrogens (tertiary/aromatic N) is 4. The smallest absolute Gasteiger partial charge is 0.220 e. The zero-order valence-electron chi connectivity index (χ0n) is 15.5. The summed E-state index contributed by atoms with van der Waals surface area (Å²) in [4.78, 5) is 10.9. The van der Waals surface area contributed by atoms with E-state index in [1.54, 1.807) is 24.3 Å². The number of nitrogens with two attached hydrogens (primary N) is 2. The average Bonchev–Trinajstić information content (AvgIpc) is 2.70. The van der Waals surface area contributed by atoms with Crippen LogP contribution in [0.4, 0.5) is 5.69 Å². The highest BCUT2D eigenvalue weighted by molar-refractivity contribution is 6.06. The van der Waals surface area contributed by atoms with E-state index < -0.39 is 5.66 Å². The Kier molecular flexibility index (Phi) is 4.62. The van der Waals surface area contributed by atoms with Crippen LogP contribution in [0, 0.1) is 11.3 Å². The maximum Gasteiger partial charge on any atom is 0.220 e. The maximum atomic E-state index is 8.98. The highest BCUT2D eigenvalue weighted by atomic mass is 16.5. The molecule has 4 rings (SSSR count). The van der Waals surface area contributed by atoms with E-state index >= 15 is 0 Å². The molecule has 0 unspecified atom stereocenters. The van der Waals surface area contributed by atoms with Crippen molar-refractivity contribution in [3.63, 3.8) is 0 Å². The van der Waals surface area contributed by atoms with Crippen molar-refractivity contribution < 1.29 is 4.74 Å². The number of guanidine groups is 2. The van der Waals surface area contributed by atoms with Crippen LogP contribution < -0.4 is 21.1 Å². The Balaban J connectivity index is 1.73. The van der Waals surface area contributed by atoms with Crippen molar-refractivity contribution in [1.29, 1.82) is 5.26 Å². The minimum absolute atomic E-state index is 0.223. The first kappa shape index (κ1) is 17.9. The number of hydrogen-bond donors (Lipinski definition) is 2. The predicted molar refractivity (Wildman–Crippen MR) is 109 cm³/mol. The van der Waals surface area contributed by atoms with Gasteiger partial charge < -0.3 is 16.2 Å². The van der Waals surface area contributed by atoms with Crippen molar-refractivity contribution in [3.05, 3.63) is 54.1 Å². The van der Waals surface area contributed by atoms with Crippen molar-refractivity contribution in [3.8, 4) is 17.6 Å². The van der Waals surface area contributed by atoms with E-state index in [0.29, 0.717) is 23.0 Å². The third-order valence-electron chi connectivity index (χ3n) is 5.17. The highest BCUT2D eigenvalue weighted by Crippen LogP contribution is 2.43. The molecule has 2 aromatic carbocycles. The number of anilines is 1. The fourth-order valence-electron chi connectivity index (χ4n) is 3.92. The van der Waals surface area contributed by atoms with Gasteiger partial charge in [0.25, 0.3) is 0 Å². The van der Waals surface area contributed by atoms with Crippen molar-refractivity contribution in [2.24, 2.45) is 21.5 Å². The Morgan fingerprint density at radius 3 is 2.43 bits per heavy atom. The molecule has 0 saturated heterocycles. The molecule has 2 aliphatic rings. The summed E-state index contributed by atoms with van der Waals surface area (Å²) in [6, 6.07) is 16.8. The van der Waals surface area contributed by atoms with Gasteiger partial charge in [0.2, 0.25) is 11.9 Å². The maximum absolute atomic E-state index is 8.98. The number of para-hydroxylation sites is 2. The number of ether oxygens (including phenoxy) is 1. The molecule has 4 N–H and O–H groups in total. The van der Waals surface area contributed by atoms with Gasteiger partial charge in [0.05, 0.1) is 17.3 Å². The lowest BCUT2D eigenvalue weighted by molar-refractivity contribution is 0.304. The summed E-state index contributed by atoms with van der Waals surface area (Å²) >= 11 is 0. The fourth-order valence-corrected chi connectivity index (χ4v) is 3.92. The molecule has 0 radical (unpaired) electrons. The fraction of sp³-hybridized carbons (Fsp3) is 0.286. The lowest BCUT2D eigenvalue weighted by Gasteiger charge is -2.45. The summed E-state index contributed by atoms with van der Waals surface area (Å²) in [6.07, 6.45) is 4.99. The molecule has 0 atom stereocenters. The number of nitriles is 1. The van der Waals surface area contributed by atoms with E-state index in [2.05, 4.69) is 11.1 Å². The van der Waals surface area contributed by atoms with Crippen molar-refractivity contribution in [2.45, 2.75) is 37.8 Å². The minimum atomic E-state index is -0.529. The lowest BCUT2D eigenvalue weighted by Crippen LogP contribution is -2.58. The van der Waals surface area contributed by atoms with Gasteiger partial charge in [-0.15, -0.1) is 0 Å². The van der Waals surface area contributed by atoms with Gasteiger partial charge in [-0.1, -0.05) is 18.6 Å². The van der Waals surface area contributed by atoms with Gasteiger partial charge in [0, 0.05) is 0 Å². The third kappa shape index (κ3) is 3.25. The predicted octanol–water partition coefficient (Wildman–Crippen LogP) is 3.46. The Bertz CT molecular complexity index is 967. The van der Waals surface area contributed by atoms with Crippen LogP contribution in [-0.4, -0.2) is 17.6 Å². The van der Waals surface area contributed by atoms with Crippen LogP contribution in [0.2, 0.25) is 0 Å². The minimum Gasteiger partial charge on any atom is -0.455 e. The molecular weight excluding hydrogens is 352 g/mol. The van der Waals surface area contributed by atoms with E-state index in [1.807, 2.05) is 29.2 Å². The van der Waals surface area contributed by atoms with Crippen molar-refractivity contribution >= 4 is 17.6 Å². The second-order valence-corrected chi connectivity index (χ2v) is 7.02. The number of hydrogen-bond acceptors (Lipinski definition) is 7. The molecule has 0 bridgehead atoms. The lowest BCUT2D eigenvalue weighted by atomic mass is 9.87. The molecule has 7 nitrogen and oxygen atoms in total. The normalized spacial score (nSPS) is 18.2. The summed E-state index contributed by atoms with van der Waals surface area (Å²) in [5.41, 5.74) is 13.1. The van der Waals surface area contributed by atoms with Gasteiger partial charge in [-0.3, -0.25) is 4.90 Å². The second-order valence-electron chi connectivity index (χ2n) is 7.02. The van der Waals surface area contributed by atoms with E-state index in [0.717, 1.165) is 31.4 Å². The highest BCUT2D eigenvalue weighted by Gasteiger charge is 2.43. The van der Waals surface area contributed by atoms with Crippen LogP contribution in [0.25, 0.3) is 0 Å². The van der Waals surface area contributed by atoms with Crippen LogP contribution in [0.15, 0.2) is 58.5 Å². The third-order valence-corrected chi connectivity index (χ3v) is 5.17. The van der Waals surface area contributed by atoms with E-state index in [9.17, 15) is 0 Å². The summed E-state index contributed by atoms with van der Waals surface area (Å²) in [5.74, 6) is 1.83. The number of rotatable bonds is 3. The number of benzene rings is 2. The average molecular weight is 374 g/mol. The molecule has 0 aromatic heterocycles. The largest absolute Gasteiger partial charge is 0.455 e. The van der Waals surface area contributed by atoms with Gasteiger partial charge in [-0.2, -0.15) is 10.3 Å². The molecule has 1 heterocycles. The summed E-state index contributed by atoms with van der Waals surface area (Å²) < 4.78 is 6.13. The molecule has 7 heteroatoms. The van der Waals surface area contributed by atoms with Crippen LogP contribution in [0.3, 0.4) is 0 Å². The molecule has 2 aromatic rings. The Labute approximate surface area is 163 Å². The van der Waals surface area contributed by atoms with Gasteiger partial charge in [-0.05, 0) is 62.1 Å². The monoisotopic (exact) mass is 374 g/mol. The Morgan fingerprint density at radius 2 is 1.71 bits per heavy atom. The first-order valence-electron chi connectivity index (χ1n) is 9.38. The molecule has 1 saturated carbocycles. The summed E-state index contributed by atoms with van der Waals surface area (Å²) in [7, 11) is 0. The van der Waals surface area contributed by atoms with Crippen LogP contribution in [-0.2, 0) is 0 Å². The molecule has 142 valence electrons. The van der Waals surface area contributed by atoms with Crippen molar-refractivity contribution in [1.82, 2.24) is 0 Å². The molecule has 1 fully saturated rings. The SMILES string of the molecule is N#Cc1ccc(Oc2ccccc2N2C(N)=NC(N)=NC23CCCCC3)cc1.